The van der Waals surface area contributed by atoms with E-state index in [1.807, 2.05) is 0 Å². The molecule has 1 aromatic carbocycles. The van der Waals surface area contributed by atoms with Crippen molar-refractivity contribution in [3.63, 3.8) is 0 Å². The second kappa shape index (κ2) is 7.25. The lowest BCUT2D eigenvalue weighted by Crippen LogP contribution is -2.30. The summed E-state index contributed by atoms with van der Waals surface area (Å²) >= 11 is 5.75. The lowest BCUT2D eigenvalue weighted by Gasteiger charge is -2.19. The number of sulfonamides is 1. The summed E-state index contributed by atoms with van der Waals surface area (Å²) in [7, 11) is -3.69. The quantitative estimate of drug-likeness (QED) is 0.679. The minimum atomic E-state index is -3.69. The molecular weight excluding hydrogens is 354 g/mol. The molecule has 2 rings (SSSR count). The molecule has 130 valence electrons. The lowest BCUT2D eigenvalue weighted by molar-refractivity contribution is 0.102. The molecule has 0 fully saturated rings. The minimum Gasteiger partial charge on any atom is -0.506 e. The number of carbonyl (C=O) groups excluding carboxylic acids is 1. The number of rotatable bonds is 6. The van der Waals surface area contributed by atoms with Gasteiger partial charge in [-0.05, 0) is 24.3 Å². The van der Waals surface area contributed by atoms with Crippen molar-refractivity contribution in [2.45, 2.75) is 18.7 Å². The first-order valence-corrected chi connectivity index (χ1v) is 9.09. The molecule has 0 saturated heterocycles. The first-order valence-electron chi connectivity index (χ1n) is 7.28. The van der Waals surface area contributed by atoms with Gasteiger partial charge in [-0.25, -0.2) is 8.42 Å². The second-order valence-electron chi connectivity index (χ2n) is 4.95. The van der Waals surface area contributed by atoms with Gasteiger partial charge in [-0.3, -0.25) is 4.79 Å². The van der Waals surface area contributed by atoms with Gasteiger partial charge < -0.3 is 15.4 Å². The number of phenols is 1. The number of halogens is 1. The van der Waals surface area contributed by atoms with Crippen LogP contribution in [0.4, 0.5) is 5.69 Å². The predicted octanol–water partition coefficient (Wildman–Crippen LogP) is 2.66. The Kier molecular flexibility index (Phi) is 5.53. The van der Waals surface area contributed by atoms with Crippen molar-refractivity contribution in [2.75, 3.05) is 18.4 Å². The molecule has 0 radical (unpaired) electrons. The number of nitrogens with one attached hydrogen (secondary N) is 2. The van der Waals surface area contributed by atoms with Crippen LogP contribution in [0.3, 0.4) is 0 Å². The molecule has 3 N–H and O–H groups in total. The Bertz CT molecular complexity index is 844. The van der Waals surface area contributed by atoms with Gasteiger partial charge in [0.1, 0.15) is 11.4 Å². The van der Waals surface area contributed by atoms with Crippen molar-refractivity contribution in [2.24, 2.45) is 0 Å². The van der Waals surface area contributed by atoms with Gasteiger partial charge in [0.2, 0.25) is 10.0 Å². The molecule has 2 aromatic rings. The van der Waals surface area contributed by atoms with E-state index in [9.17, 15) is 18.3 Å². The summed E-state index contributed by atoms with van der Waals surface area (Å²) in [5.74, 6) is -0.783. The third-order valence-electron chi connectivity index (χ3n) is 3.45. The average Bonchev–Trinajstić information content (AvgIpc) is 2.97. The highest BCUT2D eigenvalue weighted by Gasteiger charge is 2.23. The molecule has 0 spiro atoms. The summed E-state index contributed by atoms with van der Waals surface area (Å²) in [6.45, 7) is 4.11. The lowest BCUT2D eigenvalue weighted by atomic mass is 10.3. The van der Waals surface area contributed by atoms with Gasteiger partial charge in [0.25, 0.3) is 5.91 Å². The fourth-order valence-corrected chi connectivity index (χ4v) is 3.83. The highest BCUT2D eigenvalue weighted by molar-refractivity contribution is 7.89. The number of H-pyrrole nitrogens is 1. The Balaban J connectivity index is 2.34. The molecule has 0 bridgehead atoms. The molecule has 0 aliphatic carbocycles. The first kappa shape index (κ1) is 18.3. The molecular formula is C15H18ClN3O4S. The third kappa shape index (κ3) is 3.72. The monoisotopic (exact) mass is 371 g/mol. The summed E-state index contributed by atoms with van der Waals surface area (Å²) in [6.07, 6.45) is 1.44. The van der Waals surface area contributed by atoms with E-state index in [0.717, 1.165) is 0 Å². The van der Waals surface area contributed by atoms with Gasteiger partial charge in [-0.2, -0.15) is 4.31 Å². The number of phenolic OH excluding ortho intramolecular Hbond substituents is 1. The standard InChI is InChI=1S/C15H18ClN3O4S/c1-3-19(4-2)24(22,23)11-5-6-14(20)12(8-11)18-15(21)13-7-10(16)9-17-13/h5-9,17,20H,3-4H2,1-2H3,(H,18,21). The number of benzene rings is 1. The molecule has 0 saturated carbocycles. The Hall–Kier alpha value is -2.03. The van der Waals surface area contributed by atoms with Crippen LogP contribution >= 0.6 is 11.6 Å². The number of anilines is 1. The number of hydrogen-bond donors (Lipinski definition) is 3. The van der Waals surface area contributed by atoms with E-state index >= 15 is 0 Å². The van der Waals surface area contributed by atoms with E-state index < -0.39 is 15.9 Å². The number of aromatic hydroxyl groups is 1. The molecule has 0 aliphatic rings. The fraction of sp³-hybridized carbons (Fsp3) is 0.267. The van der Waals surface area contributed by atoms with E-state index in [4.69, 9.17) is 11.6 Å². The number of carbonyl (C=O) groups is 1. The van der Waals surface area contributed by atoms with Crippen LogP contribution in [0.1, 0.15) is 24.3 Å². The smallest absolute Gasteiger partial charge is 0.272 e. The fourth-order valence-electron chi connectivity index (χ4n) is 2.18. The summed E-state index contributed by atoms with van der Waals surface area (Å²) in [6, 6.07) is 5.17. The number of nitrogens with zero attached hydrogens (tertiary/aromatic N) is 1. The maximum atomic E-state index is 12.5. The summed E-state index contributed by atoms with van der Waals surface area (Å²) in [4.78, 5) is 14.8. The maximum Gasteiger partial charge on any atom is 0.272 e. The van der Waals surface area contributed by atoms with Crippen molar-refractivity contribution in [3.8, 4) is 5.75 Å². The second-order valence-corrected chi connectivity index (χ2v) is 7.33. The maximum absolute atomic E-state index is 12.5. The zero-order valence-corrected chi connectivity index (χ0v) is 14.8. The molecule has 9 heteroatoms. The van der Waals surface area contributed by atoms with Gasteiger partial charge >= 0.3 is 0 Å². The van der Waals surface area contributed by atoms with Crippen LogP contribution in [0.25, 0.3) is 0 Å². The van der Waals surface area contributed by atoms with Crippen LogP contribution in [-0.2, 0) is 10.0 Å². The van der Waals surface area contributed by atoms with Crippen molar-refractivity contribution in [1.29, 1.82) is 0 Å². The van der Waals surface area contributed by atoms with E-state index in [1.165, 1.54) is 34.8 Å². The van der Waals surface area contributed by atoms with Crippen LogP contribution in [0.5, 0.6) is 5.75 Å². The summed E-state index contributed by atoms with van der Waals surface area (Å²) in [5.41, 5.74) is 0.190. The van der Waals surface area contributed by atoms with Gasteiger partial charge in [0.05, 0.1) is 15.6 Å². The number of amides is 1. The Labute approximate surface area is 145 Å². The Morgan fingerprint density at radius 1 is 1.29 bits per heavy atom. The van der Waals surface area contributed by atoms with Crippen molar-refractivity contribution >= 4 is 33.2 Å². The molecule has 1 aromatic heterocycles. The van der Waals surface area contributed by atoms with Crippen molar-refractivity contribution in [1.82, 2.24) is 9.29 Å². The van der Waals surface area contributed by atoms with Gasteiger partial charge in [-0.1, -0.05) is 25.4 Å². The van der Waals surface area contributed by atoms with E-state index in [-0.39, 0.29) is 22.0 Å². The van der Waals surface area contributed by atoms with Crippen LogP contribution < -0.4 is 5.32 Å². The van der Waals surface area contributed by atoms with Crippen LogP contribution in [0.2, 0.25) is 5.02 Å². The van der Waals surface area contributed by atoms with Gasteiger partial charge in [0, 0.05) is 19.3 Å². The Morgan fingerprint density at radius 3 is 2.50 bits per heavy atom. The molecule has 1 heterocycles. The van der Waals surface area contributed by atoms with Gasteiger partial charge in [-0.15, -0.1) is 0 Å². The number of aromatic amines is 1. The van der Waals surface area contributed by atoms with Crippen molar-refractivity contribution < 1.29 is 18.3 Å². The predicted molar refractivity (Wildman–Crippen MR) is 92.0 cm³/mol. The summed E-state index contributed by atoms with van der Waals surface area (Å²) < 4.78 is 26.3. The van der Waals surface area contributed by atoms with Crippen LogP contribution in [-0.4, -0.2) is 41.8 Å². The zero-order valence-electron chi connectivity index (χ0n) is 13.2. The highest BCUT2D eigenvalue weighted by atomic mass is 35.5. The normalized spacial score (nSPS) is 11.7. The van der Waals surface area contributed by atoms with Crippen LogP contribution in [0, 0.1) is 0 Å². The number of hydrogen-bond acceptors (Lipinski definition) is 4. The molecule has 24 heavy (non-hydrogen) atoms. The van der Waals surface area contributed by atoms with Crippen molar-refractivity contribution in [3.05, 3.63) is 41.2 Å². The molecule has 1 amide bonds. The molecule has 0 atom stereocenters. The first-order chi connectivity index (χ1) is 11.3. The highest BCUT2D eigenvalue weighted by Crippen LogP contribution is 2.28. The summed E-state index contributed by atoms with van der Waals surface area (Å²) in [5, 5.41) is 12.7. The largest absolute Gasteiger partial charge is 0.506 e. The Morgan fingerprint density at radius 2 is 1.96 bits per heavy atom. The molecule has 7 nitrogen and oxygen atoms in total. The number of aromatic nitrogens is 1. The van der Waals surface area contributed by atoms with E-state index in [2.05, 4.69) is 10.3 Å². The SMILES string of the molecule is CCN(CC)S(=O)(=O)c1ccc(O)c(NC(=O)c2cc(Cl)c[nH]2)c1. The zero-order chi connectivity index (χ0) is 17.9. The van der Waals surface area contributed by atoms with Crippen LogP contribution in [0.15, 0.2) is 35.4 Å². The average molecular weight is 372 g/mol. The topological polar surface area (TPSA) is 102 Å². The minimum absolute atomic E-state index is 0.000969. The van der Waals surface area contributed by atoms with Gasteiger partial charge in [0.15, 0.2) is 0 Å². The van der Waals surface area contributed by atoms with E-state index in [0.29, 0.717) is 18.1 Å². The van der Waals surface area contributed by atoms with E-state index in [1.54, 1.807) is 13.8 Å². The molecule has 0 aliphatic heterocycles. The third-order valence-corrected chi connectivity index (χ3v) is 5.72. The molecule has 0 unspecified atom stereocenters.